The van der Waals surface area contributed by atoms with Crippen molar-refractivity contribution in [3.63, 3.8) is 0 Å². The summed E-state index contributed by atoms with van der Waals surface area (Å²) in [6.07, 6.45) is 2.04. The Balaban J connectivity index is 1.56. The van der Waals surface area contributed by atoms with Gasteiger partial charge in [0.2, 0.25) is 0 Å². The minimum atomic E-state index is -4.13. The standard InChI is InChI=1S/C27H25N3O4S/c1-27(15-7-10-17-8-3-2-4-9-17)20-12-6-5-11-19(20)24(31)23(25(27)32)26-29-21-14-13-18(28)16-22(21)35(33,34)30-26/h2-6,8-9,11-14,16,31H,7,10,15,28H2,1H3,(H,29,30). The van der Waals surface area contributed by atoms with E-state index in [0.717, 1.165) is 12.8 Å². The monoisotopic (exact) mass is 487 g/mol. The molecule has 7 nitrogen and oxygen atoms in total. The van der Waals surface area contributed by atoms with Crippen molar-refractivity contribution in [1.29, 1.82) is 0 Å². The van der Waals surface area contributed by atoms with Gasteiger partial charge in [0.1, 0.15) is 16.2 Å². The normalized spacial score (nSPS) is 20.5. The van der Waals surface area contributed by atoms with Crippen LogP contribution in [0.4, 0.5) is 11.4 Å². The maximum atomic E-state index is 14.0. The number of sulfonamides is 1. The minimum absolute atomic E-state index is 0.0735. The van der Waals surface area contributed by atoms with E-state index in [4.69, 9.17) is 5.73 Å². The van der Waals surface area contributed by atoms with E-state index in [0.29, 0.717) is 17.5 Å². The highest BCUT2D eigenvalue weighted by atomic mass is 32.2. The third kappa shape index (κ3) is 3.89. The van der Waals surface area contributed by atoms with Crippen LogP contribution in [-0.4, -0.2) is 25.1 Å². The molecule has 0 bridgehead atoms. The van der Waals surface area contributed by atoms with E-state index in [-0.39, 0.29) is 39.2 Å². The number of hydrogen-bond donors (Lipinski definition) is 3. The van der Waals surface area contributed by atoms with E-state index >= 15 is 0 Å². The number of carbonyl (C=O) groups excluding carboxylic acids is 1. The lowest BCUT2D eigenvalue weighted by Gasteiger charge is -2.36. The number of aliphatic hydroxyl groups is 1. The number of benzene rings is 3. The summed E-state index contributed by atoms with van der Waals surface area (Å²) in [5, 5.41) is 14.1. The minimum Gasteiger partial charge on any atom is -0.506 e. The molecule has 2 aliphatic rings. The Morgan fingerprint density at radius 3 is 2.51 bits per heavy atom. The molecule has 1 atom stereocenters. The Bertz CT molecular complexity index is 1510. The second-order valence-corrected chi connectivity index (χ2v) is 10.6. The predicted octanol–water partition coefficient (Wildman–Crippen LogP) is 4.61. The summed E-state index contributed by atoms with van der Waals surface area (Å²) < 4.78 is 29.7. The summed E-state index contributed by atoms with van der Waals surface area (Å²) in [4.78, 5) is 13.9. The van der Waals surface area contributed by atoms with Crippen molar-refractivity contribution < 1.29 is 18.3 Å². The molecule has 0 amide bonds. The van der Waals surface area contributed by atoms with Crippen LogP contribution in [0.1, 0.15) is 36.5 Å². The molecule has 1 aliphatic carbocycles. The van der Waals surface area contributed by atoms with Crippen LogP contribution in [0.3, 0.4) is 0 Å². The molecule has 3 aromatic carbocycles. The van der Waals surface area contributed by atoms with Crippen LogP contribution in [0.2, 0.25) is 0 Å². The molecule has 0 spiro atoms. The number of nitrogen functional groups attached to an aromatic ring is 1. The van der Waals surface area contributed by atoms with Gasteiger partial charge in [0.25, 0.3) is 10.0 Å². The van der Waals surface area contributed by atoms with E-state index in [2.05, 4.69) is 9.71 Å². The first kappa shape index (κ1) is 22.9. The van der Waals surface area contributed by atoms with Gasteiger partial charge in [-0.05, 0) is 55.5 Å². The van der Waals surface area contributed by atoms with Crippen LogP contribution < -0.4 is 11.1 Å². The number of hydrogen-bond acceptors (Lipinski definition) is 6. The summed E-state index contributed by atoms with van der Waals surface area (Å²) >= 11 is 0. The summed E-state index contributed by atoms with van der Waals surface area (Å²) in [5.41, 5.74) is 7.57. The molecule has 0 radical (unpaired) electrons. The van der Waals surface area contributed by atoms with Crippen LogP contribution in [0.25, 0.3) is 5.76 Å². The zero-order chi connectivity index (χ0) is 24.8. The number of nitrogens with zero attached hydrogens (tertiary/aromatic N) is 1. The molecule has 0 aromatic heterocycles. The molecule has 0 fully saturated rings. The smallest absolute Gasteiger partial charge is 0.286 e. The van der Waals surface area contributed by atoms with Gasteiger partial charge in [-0.15, -0.1) is 4.40 Å². The maximum absolute atomic E-state index is 14.0. The van der Waals surface area contributed by atoms with E-state index < -0.39 is 15.4 Å². The number of nitrogens with one attached hydrogen (secondary N) is 1. The van der Waals surface area contributed by atoms with Crippen molar-refractivity contribution in [2.24, 2.45) is 4.40 Å². The molecule has 1 heterocycles. The van der Waals surface area contributed by atoms with Gasteiger partial charge in [0, 0.05) is 11.3 Å². The number of rotatable bonds is 5. The summed E-state index contributed by atoms with van der Waals surface area (Å²) in [7, 11) is -4.13. The number of carbonyl (C=O) groups is 1. The molecule has 35 heavy (non-hydrogen) atoms. The topological polar surface area (TPSA) is 122 Å². The second kappa shape index (κ2) is 8.39. The SMILES string of the molecule is CC1(CCCc2ccccc2)C(=O)C(C2=NS(=O)(=O)c3cc(N)ccc3N2)=C(O)c2ccccc21. The van der Waals surface area contributed by atoms with Crippen LogP contribution in [0.5, 0.6) is 0 Å². The van der Waals surface area contributed by atoms with E-state index in [1.165, 1.54) is 17.7 Å². The second-order valence-electron chi connectivity index (χ2n) is 9.07. The predicted molar refractivity (Wildman–Crippen MR) is 137 cm³/mol. The number of Topliss-reactive ketones (excluding diaryl/α,β-unsaturated/α-hetero) is 1. The zero-order valence-corrected chi connectivity index (χ0v) is 20.0. The fraction of sp³-hybridized carbons (Fsp3) is 0.185. The Hall–Kier alpha value is -3.91. The molecular formula is C27H25N3O4S. The molecule has 4 N–H and O–H groups in total. The quantitative estimate of drug-likeness (QED) is 0.452. The lowest BCUT2D eigenvalue weighted by atomic mass is 9.67. The number of amidine groups is 1. The molecule has 8 heteroatoms. The number of aryl methyl sites for hydroxylation is 1. The molecular weight excluding hydrogens is 462 g/mol. The molecule has 0 saturated carbocycles. The number of nitrogens with two attached hydrogens (primary N) is 1. The summed E-state index contributed by atoms with van der Waals surface area (Å²) in [6.45, 7) is 1.85. The fourth-order valence-electron chi connectivity index (χ4n) is 4.85. The maximum Gasteiger partial charge on any atom is 0.286 e. The van der Waals surface area contributed by atoms with E-state index in [1.54, 1.807) is 18.2 Å². The summed E-state index contributed by atoms with van der Waals surface area (Å²) in [6, 6.07) is 21.6. The fourth-order valence-corrected chi connectivity index (χ4v) is 6.01. The number of ketones is 1. The van der Waals surface area contributed by atoms with Gasteiger partial charge >= 0.3 is 0 Å². The van der Waals surface area contributed by atoms with Gasteiger partial charge in [-0.1, -0.05) is 54.6 Å². The van der Waals surface area contributed by atoms with E-state index in [1.807, 2.05) is 49.4 Å². The summed E-state index contributed by atoms with van der Waals surface area (Å²) in [5.74, 6) is -0.845. The molecule has 178 valence electrons. The van der Waals surface area contributed by atoms with Crippen molar-refractivity contribution in [1.82, 2.24) is 0 Å². The van der Waals surface area contributed by atoms with Gasteiger partial charge in [-0.2, -0.15) is 8.42 Å². The highest BCUT2D eigenvalue weighted by molar-refractivity contribution is 7.90. The third-order valence-electron chi connectivity index (χ3n) is 6.71. The Kier molecular flexibility index (Phi) is 5.48. The first-order valence-corrected chi connectivity index (χ1v) is 12.8. The van der Waals surface area contributed by atoms with Gasteiger partial charge in [-0.25, -0.2) is 0 Å². The first-order valence-electron chi connectivity index (χ1n) is 11.3. The number of anilines is 2. The third-order valence-corrected chi connectivity index (χ3v) is 8.03. The van der Waals surface area contributed by atoms with Crippen molar-refractivity contribution in [2.75, 3.05) is 11.1 Å². The highest BCUT2D eigenvalue weighted by Gasteiger charge is 2.46. The molecule has 3 aromatic rings. The van der Waals surface area contributed by atoms with Gasteiger partial charge < -0.3 is 16.2 Å². The van der Waals surface area contributed by atoms with Crippen molar-refractivity contribution >= 4 is 38.8 Å². The van der Waals surface area contributed by atoms with Crippen LogP contribution in [-0.2, 0) is 26.7 Å². The van der Waals surface area contributed by atoms with Crippen LogP contribution >= 0.6 is 0 Å². The Morgan fingerprint density at radius 1 is 1.03 bits per heavy atom. The largest absolute Gasteiger partial charge is 0.506 e. The van der Waals surface area contributed by atoms with Gasteiger partial charge in [0.05, 0.1) is 11.1 Å². The van der Waals surface area contributed by atoms with Crippen LogP contribution in [0, 0.1) is 0 Å². The molecule has 1 aliphatic heterocycles. The average Bonchev–Trinajstić information content (AvgIpc) is 2.84. The Labute approximate surface area is 204 Å². The lowest BCUT2D eigenvalue weighted by Crippen LogP contribution is -2.42. The zero-order valence-electron chi connectivity index (χ0n) is 19.2. The van der Waals surface area contributed by atoms with Gasteiger partial charge in [-0.3, -0.25) is 4.79 Å². The highest BCUT2D eigenvalue weighted by Crippen LogP contribution is 2.44. The van der Waals surface area contributed by atoms with Crippen molar-refractivity contribution in [3.8, 4) is 0 Å². The molecule has 0 saturated heterocycles. The van der Waals surface area contributed by atoms with E-state index in [9.17, 15) is 18.3 Å². The van der Waals surface area contributed by atoms with Crippen LogP contribution in [0.15, 0.2) is 87.7 Å². The average molecular weight is 488 g/mol. The molecule has 1 unspecified atom stereocenters. The Morgan fingerprint density at radius 2 is 1.74 bits per heavy atom. The van der Waals surface area contributed by atoms with Crippen molar-refractivity contribution in [2.45, 2.75) is 36.5 Å². The van der Waals surface area contributed by atoms with Crippen molar-refractivity contribution in [3.05, 3.63) is 95.1 Å². The number of aliphatic hydroxyl groups excluding tert-OH is 1. The lowest BCUT2D eigenvalue weighted by molar-refractivity contribution is -0.120. The first-order chi connectivity index (χ1) is 16.7. The van der Waals surface area contributed by atoms with Gasteiger partial charge in [0.15, 0.2) is 11.6 Å². The molecule has 5 rings (SSSR count). The number of fused-ring (bicyclic) bond motifs is 2.